The average molecular weight is 567 g/mol. The second-order valence-electron chi connectivity index (χ2n) is 8.67. The number of carbonyl (C=O) groups excluding carboxylic acids is 1. The number of rotatable bonds is 12. The van der Waals surface area contributed by atoms with Gasteiger partial charge >= 0.3 is 5.97 Å². The lowest BCUT2D eigenvalue weighted by Crippen LogP contribution is -2.11. The van der Waals surface area contributed by atoms with Gasteiger partial charge < -0.3 is 24.7 Å². The third-order valence-corrected chi connectivity index (χ3v) is 5.89. The lowest BCUT2D eigenvalue weighted by Gasteiger charge is -2.12. The first kappa shape index (κ1) is 33.3. The van der Waals surface area contributed by atoms with Gasteiger partial charge in [-0.25, -0.2) is 0 Å². The zero-order chi connectivity index (χ0) is 30.6. The van der Waals surface area contributed by atoms with Crippen LogP contribution in [0.15, 0.2) is 109 Å². The Hall–Kier alpha value is -4.93. The summed E-state index contributed by atoms with van der Waals surface area (Å²) >= 11 is 0. The van der Waals surface area contributed by atoms with Crippen molar-refractivity contribution < 1.29 is 24.1 Å². The monoisotopic (exact) mass is 566 g/mol. The molecule has 0 bridgehead atoms. The van der Waals surface area contributed by atoms with Crippen molar-refractivity contribution in [3.8, 4) is 17.6 Å². The van der Waals surface area contributed by atoms with Crippen molar-refractivity contribution in [1.82, 2.24) is 0 Å². The molecule has 4 aromatic rings. The molecule has 1 unspecified atom stereocenters. The Morgan fingerprint density at radius 3 is 1.88 bits per heavy atom. The Kier molecular flexibility index (Phi) is 15.2. The molecule has 2 N–H and O–H groups in total. The molecule has 0 aliphatic carbocycles. The van der Waals surface area contributed by atoms with Crippen LogP contribution in [0.25, 0.3) is 0 Å². The van der Waals surface area contributed by atoms with Crippen LogP contribution in [-0.2, 0) is 22.7 Å². The van der Waals surface area contributed by atoms with Crippen molar-refractivity contribution >= 4 is 11.7 Å². The van der Waals surface area contributed by atoms with E-state index in [1.54, 1.807) is 24.3 Å². The summed E-state index contributed by atoms with van der Waals surface area (Å²) in [6.45, 7) is 4.75. The molecule has 0 fully saturated rings. The molecule has 4 rings (SSSR count). The second-order valence-corrected chi connectivity index (χ2v) is 8.67. The number of ether oxygens (including phenoxy) is 3. The van der Waals surface area contributed by atoms with Crippen LogP contribution in [0.3, 0.4) is 0 Å². The number of aliphatic hydroxyl groups is 1. The van der Waals surface area contributed by atoms with Crippen LogP contribution in [0.4, 0.5) is 0 Å². The van der Waals surface area contributed by atoms with Gasteiger partial charge in [0.1, 0.15) is 31.3 Å². The molecule has 4 aromatic carbocycles. The molecule has 0 aliphatic rings. The van der Waals surface area contributed by atoms with Crippen molar-refractivity contribution in [2.24, 2.45) is 0 Å². The van der Waals surface area contributed by atoms with Crippen LogP contribution < -0.4 is 9.47 Å². The van der Waals surface area contributed by atoms with Gasteiger partial charge in [-0.3, -0.25) is 4.79 Å². The maximum absolute atomic E-state index is 12.2. The van der Waals surface area contributed by atoms with E-state index in [2.05, 4.69) is 6.07 Å². The molecule has 0 saturated heterocycles. The first-order chi connectivity index (χ1) is 20.6. The summed E-state index contributed by atoms with van der Waals surface area (Å²) < 4.78 is 16.9. The minimum Gasteiger partial charge on any atom is -0.489 e. The van der Waals surface area contributed by atoms with Crippen molar-refractivity contribution in [3.63, 3.8) is 0 Å². The van der Waals surface area contributed by atoms with Gasteiger partial charge in [0.15, 0.2) is 0 Å². The molecule has 0 saturated carbocycles. The third kappa shape index (κ3) is 11.3. The third-order valence-electron chi connectivity index (χ3n) is 5.89. The normalized spacial score (nSPS) is 10.4. The highest BCUT2D eigenvalue weighted by Crippen LogP contribution is 2.23. The Labute approximate surface area is 248 Å². The summed E-state index contributed by atoms with van der Waals surface area (Å²) in [5, 5.41) is 24.7. The Morgan fingerprint density at radius 1 is 0.762 bits per heavy atom. The molecule has 1 atom stereocenters. The number of hydrogen-bond acceptors (Lipinski definition) is 7. The Morgan fingerprint density at radius 2 is 1.29 bits per heavy atom. The van der Waals surface area contributed by atoms with Gasteiger partial charge in [0.05, 0.1) is 24.1 Å². The summed E-state index contributed by atoms with van der Waals surface area (Å²) in [6, 6.07) is 35.9. The minimum absolute atomic E-state index is 0.0111. The lowest BCUT2D eigenvalue weighted by molar-refractivity contribution is -0.145. The minimum atomic E-state index is -0.594. The number of carbonyl (C=O) groups is 1. The molecule has 0 amide bonds. The fraction of sp³-hybridized carbons (Fsp3) is 0.229. The summed E-state index contributed by atoms with van der Waals surface area (Å²) in [4.78, 5) is 12.2. The Balaban J connectivity index is 0.00000148. The maximum Gasteiger partial charge on any atom is 0.307 e. The largest absolute Gasteiger partial charge is 0.489 e. The summed E-state index contributed by atoms with van der Waals surface area (Å²) in [5.41, 5.74) is 3.87. The highest BCUT2D eigenvalue weighted by Gasteiger charge is 2.17. The van der Waals surface area contributed by atoms with Crippen molar-refractivity contribution in [3.05, 3.63) is 131 Å². The quantitative estimate of drug-likeness (QED) is 0.140. The molecule has 0 spiro atoms. The zero-order valence-corrected chi connectivity index (χ0v) is 24.3. The van der Waals surface area contributed by atoms with E-state index in [1.165, 1.54) is 0 Å². The topological polar surface area (TPSA) is 113 Å². The van der Waals surface area contributed by atoms with E-state index in [1.807, 2.05) is 98.8 Å². The van der Waals surface area contributed by atoms with Crippen molar-refractivity contribution in [2.75, 3.05) is 13.7 Å². The molecule has 7 heteroatoms. The van der Waals surface area contributed by atoms with Crippen LogP contribution >= 0.6 is 0 Å². The number of benzene rings is 4. The van der Waals surface area contributed by atoms with Gasteiger partial charge in [-0.2, -0.15) is 5.26 Å². The van der Waals surface area contributed by atoms with E-state index in [0.717, 1.165) is 29.4 Å². The van der Waals surface area contributed by atoms with Crippen molar-refractivity contribution in [1.29, 1.82) is 10.7 Å². The molecule has 0 radical (unpaired) electrons. The highest BCUT2D eigenvalue weighted by molar-refractivity contribution is 5.99. The summed E-state index contributed by atoms with van der Waals surface area (Å²) in [7, 11) is 1.00. The van der Waals surface area contributed by atoms with Crippen LogP contribution in [0.5, 0.6) is 11.5 Å². The number of nitrogens with one attached hydrogen (secondary N) is 1. The van der Waals surface area contributed by atoms with Gasteiger partial charge in [0.2, 0.25) is 0 Å². The van der Waals surface area contributed by atoms with E-state index in [-0.39, 0.29) is 19.6 Å². The predicted octanol–water partition coefficient (Wildman–Crippen LogP) is 7.09. The highest BCUT2D eigenvalue weighted by atomic mass is 16.5. The van der Waals surface area contributed by atoms with Gasteiger partial charge in [-0.15, -0.1) is 0 Å². The number of aliphatic hydroxyl groups excluding tert-OH is 1. The van der Waals surface area contributed by atoms with Gasteiger partial charge in [0, 0.05) is 7.11 Å². The SMILES string of the molecule is CC.CO.N#CC(CC(=O)OCc1ccccc1)c1ccc(OCc2ccc(OCC(=N)c3ccccc3)cc2)cc1. The van der Waals surface area contributed by atoms with Gasteiger partial charge in [0.25, 0.3) is 0 Å². The standard InChI is InChI=1S/C32H28N2O4.C2H6.CH4O/c33-20-28(19-32(35)38-22-24-7-3-1-4-8-24)26-13-17-30(18-14-26)36-21-25-11-15-29(16-12-25)37-23-31(34)27-9-5-2-6-10-27;2*1-2/h1-18,28,34H,19,21-23H2;1-2H3;2H,1H3. The first-order valence-corrected chi connectivity index (χ1v) is 13.7. The van der Waals surface area contributed by atoms with Gasteiger partial charge in [-0.1, -0.05) is 98.8 Å². The molecular weight excluding hydrogens is 528 g/mol. The van der Waals surface area contributed by atoms with Crippen LogP contribution in [0.2, 0.25) is 0 Å². The van der Waals surface area contributed by atoms with E-state index < -0.39 is 11.9 Å². The van der Waals surface area contributed by atoms with E-state index in [9.17, 15) is 10.1 Å². The maximum atomic E-state index is 12.2. The molecular formula is C35H38N2O5. The zero-order valence-electron chi connectivity index (χ0n) is 24.3. The summed E-state index contributed by atoms with van der Waals surface area (Å²) in [5.74, 6) is 0.339. The fourth-order valence-corrected chi connectivity index (χ4v) is 3.72. The second kappa shape index (κ2) is 19.2. The molecule has 0 aromatic heterocycles. The molecule has 42 heavy (non-hydrogen) atoms. The van der Waals surface area contributed by atoms with Crippen LogP contribution in [0, 0.1) is 16.7 Å². The Bertz CT molecular complexity index is 1370. The fourth-order valence-electron chi connectivity index (χ4n) is 3.72. The first-order valence-electron chi connectivity index (χ1n) is 13.7. The van der Waals surface area contributed by atoms with E-state index >= 15 is 0 Å². The number of nitriles is 1. The number of esters is 1. The average Bonchev–Trinajstić information content (AvgIpc) is 3.07. The molecule has 7 nitrogen and oxygen atoms in total. The van der Waals surface area contributed by atoms with Crippen molar-refractivity contribution in [2.45, 2.75) is 39.4 Å². The number of hydrogen-bond donors (Lipinski definition) is 2. The van der Waals surface area contributed by atoms with E-state index in [0.29, 0.717) is 23.8 Å². The van der Waals surface area contributed by atoms with E-state index in [4.69, 9.17) is 24.7 Å². The molecule has 0 aliphatic heterocycles. The molecule has 218 valence electrons. The van der Waals surface area contributed by atoms with Gasteiger partial charge in [-0.05, 0) is 46.5 Å². The van der Waals surface area contributed by atoms with Crippen LogP contribution in [-0.4, -0.2) is 30.5 Å². The number of nitrogens with zero attached hydrogens (tertiary/aromatic N) is 1. The molecule has 0 heterocycles. The summed E-state index contributed by atoms with van der Waals surface area (Å²) in [6.07, 6.45) is -0.0111. The lowest BCUT2D eigenvalue weighted by atomic mass is 9.97. The predicted molar refractivity (Wildman–Crippen MR) is 165 cm³/mol. The van der Waals surface area contributed by atoms with Crippen LogP contribution in [0.1, 0.15) is 48.4 Å². The smallest absolute Gasteiger partial charge is 0.307 e.